The third-order valence-corrected chi connectivity index (χ3v) is 8.67. The van der Waals surface area contributed by atoms with Crippen LogP contribution in [0.2, 0.25) is 0 Å². The average Bonchev–Trinajstić information content (AvgIpc) is 3.37. The van der Waals surface area contributed by atoms with Gasteiger partial charge in [0.25, 0.3) is 5.91 Å². The molecule has 2 heterocycles. The fraction of sp³-hybridized carbons (Fsp3) is 0.800. The van der Waals surface area contributed by atoms with Crippen LogP contribution in [0.3, 0.4) is 0 Å². The Labute approximate surface area is 172 Å². The van der Waals surface area contributed by atoms with E-state index in [0.29, 0.717) is 31.0 Å². The molecular formula is C20H32N4O4S. The van der Waals surface area contributed by atoms with Crippen LogP contribution in [0.25, 0.3) is 0 Å². The molecule has 3 aliphatic rings. The van der Waals surface area contributed by atoms with E-state index in [-0.39, 0.29) is 35.7 Å². The lowest BCUT2D eigenvalue weighted by Crippen LogP contribution is -2.52. The van der Waals surface area contributed by atoms with Crippen LogP contribution in [-0.2, 0) is 10.0 Å². The van der Waals surface area contributed by atoms with Crippen molar-refractivity contribution in [2.75, 3.05) is 12.3 Å². The SMILES string of the molecule is C[C@H]1C[C@@H](NC(=O)c2cc(C3CC3)on2)CCN1S(=O)(=O)CC1CCCC(N)C1. The molecule has 1 aromatic heterocycles. The largest absolute Gasteiger partial charge is 0.360 e. The molecule has 2 aliphatic carbocycles. The Morgan fingerprint density at radius 1 is 1.28 bits per heavy atom. The highest BCUT2D eigenvalue weighted by atomic mass is 32.2. The van der Waals surface area contributed by atoms with Crippen molar-refractivity contribution in [3.63, 3.8) is 0 Å². The van der Waals surface area contributed by atoms with Crippen LogP contribution in [0.15, 0.2) is 10.6 Å². The van der Waals surface area contributed by atoms with Crippen LogP contribution >= 0.6 is 0 Å². The molecule has 2 unspecified atom stereocenters. The number of sulfonamides is 1. The second kappa shape index (κ2) is 8.35. The first-order valence-corrected chi connectivity index (χ1v) is 12.5. The summed E-state index contributed by atoms with van der Waals surface area (Å²) in [4.78, 5) is 12.5. The van der Waals surface area contributed by atoms with Gasteiger partial charge in [0, 0.05) is 36.7 Å². The average molecular weight is 425 g/mol. The summed E-state index contributed by atoms with van der Waals surface area (Å²) in [5.74, 6) is 1.29. The number of nitrogens with one attached hydrogen (secondary N) is 1. The summed E-state index contributed by atoms with van der Waals surface area (Å²) in [6.07, 6.45) is 7.12. The van der Waals surface area contributed by atoms with Crippen LogP contribution in [0, 0.1) is 5.92 Å². The molecule has 8 nitrogen and oxygen atoms in total. The zero-order valence-electron chi connectivity index (χ0n) is 17.0. The summed E-state index contributed by atoms with van der Waals surface area (Å²) in [6, 6.07) is 1.65. The molecule has 0 aromatic carbocycles. The highest BCUT2D eigenvalue weighted by molar-refractivity contribution is 7.89. The Morgan fingerprint density at radius 2 is 2.07 bits per heavy atom. The molecule has 9 heteroatoms. The van der Waals surface area contributed by atoms with Crippen molar-refractivity contribution in [1.29, 1.82) is 0 Å². The van der Waals surface area contributed by atoms with E-state index in [0.717, 1.165) is 44.3 Å². The van der Waals surface area contributed by atoms with E-state index >= 15 is 0 Å². The van der Waals surface area contributed by atoms with E-state index in [1.165, 1.54) is 0 Å². The fourth-order valence-electron chi connectivity index (χ4n) is 4.79. The van der Waals surface area contributed by atoms with Gasteiger partial charge in [0.15, 0.2) is 5.69 Å². The monoisotopic (exact) mass is 424 g/mol. The van der Waals surface area contributed by atoms with Crippen LogP contribution in [0.4, 0.5) is 0 Å². The molecule has 1 aliphatic heterocycles. The predicted molar refractivity (Wildman–Crippen MR) is 109 cm³/mol. The lowest BCUT2D eigenvalue weighted by Gasteiger charge is -2.38. The summed E-state index contributed by atoms with van der Waals surface area (Å²) < 4.78 is 32.8. The molecule has 162 valence electrons. The van der Waals surface area contributed by atoms with Gasteiger partial charge in [-0.2, -0.15) is 4.31 Å². The van der Waals surface area contributed by atoms with E-state index in [2.05, 4.69) is 10.5 Å². The standard InChI is InChI=1S/C20H32N4O4S/c1-13-9-17(22-20(25)18-11-19(28-23-18)15-5-6-15)7-8-24(13)29(26,27)12-14-3-2-4-16(21)10-14/h11,13-17H,2-10,12,21H2,1H3,(H,22,25)/t13-,14?,16?,17-/m0/s1. The molecule has 3 N–H and O–H groups in total. The number of hydrogen-bond acceptors (Lipinski definition) is 6. The van der Waals surface area contributed by atoms with Crippen molar-refractivity contribution in [3.8, 4) is 0 Å². The van der Waals surface area contributed by atoms with Gasteiger partial charge in [0.2, 0.25) is 10.0 Å². The molecule has 0 spiro atoms. The summed E-state index contributed by atoms with van der Waals surface area (Å²) in [7, 11) is -3.32. The molecule has 4 rings (SSSR count). The predicted octanol–water partition coefficient (Wildman–Crippen LogP) is 1.98. The van der Waals surface area contributed by atoms with Crippen molar-refractivity contribution in [2.45, 2.75) is 82.3 Å². The van der Waals surface area contributed by atoms with Crippen molar-refractivity contribution in [2.24, 2.45) is 11.7 Å². The molecule has 0 bridgehead atoms. The summed E-state index contributed by atoms with van der Waals surface area (Å²) in [5.41, 5.74) is 6.33. The van der Waals surface area contributed by atoms with Crippen LogP contribution in [0.1, 0.15) is 80.5 Å². The number of carbonyl (C=O) groups is 1. The molecule has 1 amide bonds. The molecule has 29 heavy (non-hydrogen) atoms. The van der Waals surface area contributed by atoms with E-state index in [1.807, 2.05) is 6.92 Å². The Hall–Kier alpha value is -1.45. The van der Waals surface area contributed by atoms with Crippen molar-refractivity contribution >= 4 is 15.9 Å². The van der Waals surface area contributed by atoms with Gasteiger partial charge in [-0.05, 0) is 57.8 Å². The Balaban J connectivity index is 1.30. The number of nitrogens with two attached hydrogens (primary N) is 1. The van der Waals surface area contributed by atoms with E-state index < -0.39 is 10.0 Å². The zero-order chi connectivity index (χ0) is 20.6. The van der Waals surface area contributed by atoms with Gasteiger partial charge in [0.1, 0.15) is 5.76 Å². The summed E-state index contributed by atoms with van der Waals surface area (Å²) in [6.45, 7) is 2.35. The lowest BCUT2D eigenvalue weighted by atomic mass is 9.87. The number of hydrogen-bond donors (Lipinski definition) is 2. The van der Waals surface area contributed by atoms with Gasteiger partial charge >= 0.3 is 0 Å². The van der Waals surface area contributed by atoms with Gasteiger partial charge in [-0.25, -0.2) is 8.42 Å². The van der Waals surface area contributed by atoms with E-state index in [1.54, 1.807) is 10.4 Å². The second-order valence-electron chi connectivity index (χ2n) is 9.11. The summed E-state index contributed by atoms with van der Waals surface area (Å²) in [5, 5.41) is 6.88. The Morgan fingerprint density at radius 3 is 2.76 bits per heavy atom. The molecule has 0 radical (unpaired) electrons. The first-order valence-electron chi connectivity index (χ1n) is 10.8. The van der Waals surface area contributed by atoms with Gasteiger partial charge in [-0.3, -0.25) is 4.79 Å². The van der Waals surface area contributed by atoms with Crippen LogP contribution < -0.4 is 11.1 Å². The van der Waals surface area contributed by atoms with Gasteiger partial charge < -0.3 is 15.6 Å². The fourth-order valence-corrected chi connectivity index (χ4v) is 6.90. The highest BCUT2D eigenvalue weighted by Gasteiger charge is 2.36. The number of rotatable bonds is 6. The van der Waals surface area contributed by atoms with Crippen LogP contribution in [0.5, 0.6) is 0 Å². The van der Waals surface area contributed by atoms with Crippen LogP contribution in [-0.4, -0.2) is 54.2 Å². The minimum Gasteiger partial charge on any atom is -0.360 e. The molecule has 1 saturated heterocycles. The molecule has 3 fully saturated rings. The summed E-state index contributed by atoms with van der Waals surface area (Å²) >= 11 is 0. The third-order valence-electron chi connectivity index (χ3n) is 6.52. The smallest absolute Gasteiger partial charge is 0.273 e. The normalized spacial score (nSPS) is 31.5. The lowest BCUT2D eigenvalue weighted by molar-refractivity contribution is 0.0905. The van der Waals surface area contributed by atoms with Crippen molar-refractivity contribution in [1.82, 2.24) is 14.8 Å². The minimum atomic E-state index is -3.32. The number of carbonyl (C=O) groups excluding carboxylic acids is 1. The maximum atomic E-state index is 13.0. The number of piperidine rings is 1. The van der Waals surface area contributed by atoms with E-state index in [4.69, 9.17) is 10.3 Å². The Kier molecular flexibility index (Phi) is 5.99. The molecule has 2 saturated carbocycles. The Bertz CT molecular complexity index is 835. The molecular weight excluding hydrogens is 392 g/mol. The number of amides is 1. The van der Waals surface area contributed by atoms with Gasteiger partial charge in [-0.15, -0.1) is 0 Å². The van der Waals surface area contributed by atoms with Crippen molar-refractivity contribution in [3.05, 3.63) is 17.5 Å². The third kappa shape index (κ3) is 5.00. The zero-order valence-corrected chi connectivity index (χ0v) is 17.9. The maximum absolute atomic E-state index is 13.0. The van der Waals surface area contributed by atoms with Gasteiger partial charge in [0.05, 0.1) is 5.75 Å². The first-order chi connectivity index (χ1) is 13.8. The highest BCUT2D eigenvalue weighted by Crippen LogP contribution is 2.40. The maximum Gasteiger partial charge on any atom is 0.273 e. The molecule has 1 aromatic rings. The molecule has 4 atom stereocenters. The first kappa shape index (κ1) is 20.8. The quantitative estimate of drug-likeness (QED) is 0.721. The van der Waals surface area contributed by atoms with Gasteiger partial charge in [-0.1, -0.05) is 11.6 Å². The second-order valence-corrected chi connectivity index (χ2v) is 11.1. The number of aromatic nitrogens is 1. The van der Waals surface area contributed by atoms with E-state index in [9.17, 15) is 13.2 Å². The minimum absolute atomic E-state index is 0.0619. The number of nitrogens with zero attached hydrogens (tertiary/aromatic N) is 2. The van der Waals surface area contributed by atoms with Crippen molar-refractivity contribution < 1.29 is 17.7 Å². The topological polar surface area (TPSA) is 119 Å².